The number of benzene rings is 2. The smallest absolute Gasteiger partial charge is 0.323 e. The minimum Gasteiger partial charge on any atom is -0.323 e. The van der Waals surface area contributed by atoms with Gasteiger partial charge in [0.05, 0.1) is 27.7 Å². The normalized spacial score (nSPS) is 12.4. The van der Waals surface area contributed by atoms with Crippen LogP contribution in [0.4, 0.5) is 5.69 Å². The number of fused-ring (bicyclic) bond motifs is 1. The van der Waals surface area contributed by atoms with Gasteiger partial charge in [-0.25, -0.2) is 13.2 Å². The Bertz CT molecular complexity index is 1600. The Morgan fingerprint density at radius 1 is 0.971 bits per heavy atom. The molecule has 0 saturated carbocycles. The predicted molar refractivity (Wildman–Crippen MR) is 127 cm³/mol. The van der Waals surface area contributed by atoms with Crippen LogP contribution in [0.2, 0.25) is 0 Å². The van der Waals surface area contributed by atoms with Crippen molar-refractivity contribution in [2.75, 3.05) is 5.32 Å². The number of aryl methyl sites for hydroxylation is 1. The molecule has 2 aromatic carbocycles. The van der Waals surface area contributed by atoms with E-state index in [1.165, 1.54) is 43.1 Å². The molecule has 2 N–H and O–H groups in total. The molecule has 34 heavy (non-hydrogen) atoms. The van der Waals surface area contributed by atoms with Gasteiger partial charge in [0.1, 0.15) is 6.04 Å². The molecule has 0 saturated heterocycles. The summed E-state index contributed by atoms with van der Waals surface area (Å²) in [5.74, 6) is -0.609. The molecular formula is C23H21N5O5S. The minimum atomic E-state index is -4.25. The van der Waals surface area contributed by atoms with Gasteiger partial charge >= 0.3 is 5.69 Å². The maximum atomic E-state index is 13.3. The highest BCUT2D eigenvalue weighted by Gasteiger charge is 2.28. The third kappa shape index (κ3) is 4.38. The van der Waals surface area contributed by atoms with Gasteiger partial charge in [0.2, 0.25) is 15.9 Å². The molecule has 2 heterocycles. The summed E-state index contributed by atoms with van der Waals surface area (Å²) < 4.78 is 31.2. The van der Waals surface area contributed by atoms with Gasteiger partial charge in [0.15, 0.2) is 0 Å². The molecule has 4 aromatic rings. The molecule has 0 spiro atoms. The second kappa shape index (κ2) is 9.04. The van der Waals surface area contributed by atoms with Gasteiger partial charge in [-0.2, -0.15) is 4.72 Å². The maximum Gasteiger partial charge on any atom is 0.330 e. The van der Waals surface area contributed by atoms with E-state index in [-0.39, 0.29) is 10.3 Å². The Labute approximate surface area is 194 Å². The van der Waals surface area contributed by atoms with Crippen molar-refractivity contribution in [1.29, 1.82) is 0 Å². The fraction of sp³-hybridized carbons (Fsp3) is 0.130. The standard InChI is InChI=1S/C23H21N5O5S/c1-27-19-11-10-17(13-18(19)22(30)28(2)23(27)31)34(32,33)26-20(15-7-4-3-5-8-15)21(29)25-16-9-6-12-24-14-16/h3-14,20,26H,1-2H3,(H,25,29)/t20-/m0/s1. The van der Waals surface area contributed by atoms with Crippen molar-refractivity contribution in [3.63, 3.8) is 0 Å². The molecule has 0 unspecified atom stereocenters. The first kappa shape index (κ1) is 23.1. The maximum absolute atomic E-state index is 13.3. The van der Waals surface area contributed by atoms with Crippen LogP contribution in [0.3, 0.4) is 0 Å². The third-order valence-electron chi connectivity index (χ3n) is 5.35. The third-order valence-corrected chi connectivity index (χ3v) is 6.77. The first-order valence-electron chi connectivity index (χ1n) is 10.2. The molecule has 2 aromatic heterocycles. The molecular weight excluding hydrogens is 458 g/mol. The van der Waals surface area contributed by atoms with Crippen LogP contribution in [-0.2, 0) is 28.9 Å². The number of nitrogens with one attached hydrogen (secondary N) is 2. The number of sulfonamides is 1. The van der Waals surface area contributed by atoms with E-state index in [0.29, 0.717) is 16.8 Å². The lowest BCUT2D eigenvalue weighted by atomic mass is 10.1. The summed E-state index contributed by atoms with van der Waals surface area (Å²) in [6.07, 6.45) is 2.99. The van der Waals surface area contributed by atoms with Gasteiger partial charge in [0.25, 0.3) is 5.56 Å². The number of aromatic nitrogens is 3. The Balaban J connectivity index is 1.75. The van der Waals surface area contributed by atoms with Gasteiger partial charge < -0.3 is 5.32 Å². The number of carbonyl (C=O) groups excluding carboxylic acids is 1. The van der Waals surface area contributed by atoms with E-state index >= 15 is 0 Å². The fourth-order valence-electron chi connectivity index (χ4n) is 3.53. The van der Waals surface area contributed by atoms with Crippen LogP contribution in [0.1, 0.15) is 11.6 Å². The van der Waals surface area contributed by atoms with Crippen molar-refractivity contribution >= 4 is 32.5 Å². The van der Waals surface area contributed by atoms with Gasteiger partial charge in [-0.05, 0) is 35.9 Å². The zero-order chi connectivity index (χ0) is 24.5. The monoisotopic (exact) mass is 479 g/mol. The average Bonchev–Trinajstić information content (AvgIpc) is 2.85. The summed E-state index contributed by atoms with van der Waals surface area (Å²) >= 11 is 0. The molecule has 0 aliphatic heterocycles. The van der Waals surface area contributed by atoms with Crippen molar-refractivity contribution in [2.24, 2.45) is 14.1 Å². The van der Waals surface area contributed by atoms with Gasteiger partial charge in [-0.3, -0.25) is 23.7 Å². The number of carbonyl (C=O) groups is 1. The molecule has 0 radical (unpaired) electrons. The van der Waals surface area contributed by atoms with Crippen molar-refractivity contribution in [3.8, 4) is 0 Å². The summed E-state index contributed by atoms with van der Waals surface area (Å²) in [6, 6.07) is 14.3. The Hall–Kier alpha value is -4.09. The van der Waals surface area contributed by atoms with E-state index in [9.17, 15) is 22.8 Å². The van der Waals surface area contributed by atoms with E-state index in [2.05, 4.69) is 15.0 Å². The second-order valence-electron chi connectivity index (χ2n) is 7.58. The van der Waals surface area contributed by atoms with Gasteiger partial charge in [-0.1, -0.05) is 30.3 Å². The zero-order valence-electron chi connectivity index (χ0n) is 18.3. The van der Waals surface area contributed by atoms with Crippen molar-refractivity contribution in [2.45, 2.75) is 10.9 Å². The summed E-state index contributed by atoms with van der Waals surface area (Å²) in [7, 11) is -1.44. The first-order chi connectivity index (χ1) is 16.2. The van der Waals surface area contributed by atoms with Gasteiger partial charge in [0, 0.05) is 20.3 Å². The molecule has 1 amide bonds. The lowest BCUT2D eigenvalue weighted by Crippen LogP contribution is -2.38. The van der Waals surface area contributed by atoms with Crippen LogP contribution in [0, 0.1) is 0 Å². The van der Waals surface area contributed by atoms with Crippen molar-refractivity contribution < 1.29 is 13.2 Å². The van der Waals surface area contributed by atoms with Crippen molar-refractivity contribution in [1.82, 2.24) is 18.8 Å². The quantitative estimate of drug-likeness (QED) is 0.428. The highest BCUT2D eigenvalue weighted by Crippen LogP contribution is 2.21. The number of anilines is 1. The zero-order valence-corrected chi connectivity index (χ0v) is 19.1. The Morgan fingerprint density at radius 2 is 1.71 bits per heavy atom. The molecule has 174 valence electrons. The summed E-state index contributed by atoms with van der Waals surface area (Å²) in [5, 5.41) is 2.71. The molecule has 4 rings (SSSR count). The molecule has 11 heteroatoms. The van der Waals surface area contributed by atoms with E-state index in [0.717, 1.165) is 4.57 Å². The van der Waals surface area contributed by atoms with Gasteiger partial charge in [-0.15, -0.1) is 0 Å². The lowest BCUT2D eigenvalue weighted by Gasteiger charge is -2.19. The SMILES string of the molecule is Cn1c(=O)c2cc(S(=O)(=O)N[C@H](C(=O)Nc3cccnc3)c3ccccc3)ccc2n(C)c1=O. The molecule has 1 atom stereocenters. The fourth-order valence-corrected chi connectivity index (χ4v) is 4.74. The number of pyridine rings is 1. The van der Waals surface area contributed by atoms with Crippen LogP contribution >= 0.6 is 0 Å². The van der Waals surface area contributed by atoms with Crippen LogP contribution < -0.4 is 21.3 Å². The van der Waals surface area contributed by atoms with E-state index in [1.54, 1.807) is 48.7 Å². The molecule has 0 aliphatic carbocycles. The highest BCUT2D eigenvalue weighted by atomic mass is 32.2. The summed E-state index contributed by atoms with van der Waals surface area (Å²) in [6.45, 7) is 0. The van der Waals surface area contributed by atoms with Crippen LogP contribution in [-0.4, -0.2) is 28.4 Å². The largest absolute Gasteiger partial charge is 0.330 e. The molecule has 0 fully saturated rings. The predicted octanol–water partition coefficient (Wildman–Crippen LogP) is 1.29. The number of amides is 1. The van der Waals surface area contributed by atoms with Crippen LogP contribution in [0.25, 0.3) is 10.9 Å². The first-order valence-corrected chi connectivity index (χ1v) is 11.7. The molecule has 0 aliphatic rings. The molecule has 10 nitrogen and oxygen atoms in total. The number of nitrogens with zero attached hydrogens (tertiary/aromatic N) is 3. The van der Waals surface area contributed by atoms with Crippen LogP contribution in [0.5, 0.6) is 0 Å². The highest BCUT2D eigenvalue weighted by molar-refractivity contribution is 7.89. The lowest BCUT2D eigenvalue weighted by molar-refractivity contribution is -0.117. The topological polar surface area (TPSA) is 132 Å². The summed E-state index contributed by atoms with van der Waals surface area (Å²) in [4.78, 5) is 41.5. The Kier molecular flexibility index (Phi) is 6.14. The number of rotatable bonds is 6. The number of hydrogen-bond acceptors (Lipinski definition) is 6. The van der Waals surface area contributed by atoms with Crippen molar-refractivity contribution in [3.05, 3.63) is 99.5 Å². The number of hydrogen-bond donors (Lipinski definition) is 2. The van der Waals surface area contributed by atoms with E-state index < -0.39 is 33.2 Å². The summed E-state index contributed by atoms with van der Waals surface area (Å²) in [5.41, 5.74) is -0.0261. The van der Waals surface area contributed by atoms with E-state index in [4.69, 9.17) is 0 Å². The van der Waals surface area contributed by atoms with E-state index in [1.807, 2.05) is 0 Å². The average molecular weight is 480 g/mol. The minimum absolute atomic E-state index is 0.0588. The second-order valence-corrected chi connectivity index (χ2v) is 9.29. The Morgan fingerprint density at radius 3 is 2.38 bits per heavy atom. The van der Waals surface area contributed by atoms with Crippen LogP contribution in [0.15, 0.2) is 87.5 Å². The molecule has 0 bridgehead atoms.